The van der Waals surface area contributed by atoms with Gasteiger partial charge < -0.3 is 14.6 Å². The van der Waals surface area contributed by atoms with Gasteiger partial charge in [0.1, 0.15) is 5.75 Å². The molecule has 0 fully saturated rings. The van der Waals surface area contributed by atoms with E-state index in [9.17, 15) is 9.90 Å². The van der Waals surface area contributed by atoms with E-state index in [1.54, 1.807) is 12.1 Å². The molecule has 2 rings (SSSR count). The highest BCUT2D eigenvalue weighted by Gasteiger charge is 2.21. The van der Waals surface area contributed by atoms with Crippen LogP contribution in [0.2, 0.25) is 5.35 Å². The molecule has 0 spiro atoms. The van der Waals surface area contributed by atoms with Crippen LogP contribution in [0.1, 0.15) is 10.5 Å². The number of hydrogen-bond acceptors (Lipinski definition) is 4. The van der Waals surface area contributed by atoms with E-state index in [-0.39, 0.29) is 28.1 Å². The molecule has 1 heterocycles. The van der Waals surface area contributed by atoms with Crippen LogP contribution < -0.4 is 0 Å². The zero-order chi connectivity index (χ0) is 11.7. The summed E-state index contributed by atoms with van der Waals surface area (Å²) in [6.07, 6.45) is 0. The normalized spacial score (nSPS) is 10.3. The molecule has 0 atom stereocenters. The zero-order valence-electron chi connectivity index (χ0n) is 7.85. The smallest absolute Gasteiger partial charge is 0.358 e. The van der Waals surface area contributed by atoms with E-state index in [1.807, 2.05) is 0 Å². The van der Waals surface area contributed by atoms with Gasteiger partial charge in [0.05, 0.1) is 5.56 Å². The van der Waals surface area contributed by atoms with E-state index in [2.05, 4.69) is 4.98 Å². The van der Waals surface area contributed by atoms with Crippen LogP contribution in [0, 0.1) is 0 Å². The lowest BCUT2D eigenvalue weighted by atomic mass is 10.1. The fraction of sp³-hybridized carbons (Fsp3) is 0. The first-order valence-electron chi connectivity index (χ1n) is 4.27. The average molecular weight is 240 g/mol. The lowest BCUT2D eigenvalue weighted by molar-refractivity contribution is 0.0691. The number of carbonyl (C=O) groups is 1. The number of phenols is 1. The van der Waals surface area contributed by atoms with Gasteiger partial charge in [-0.3, -0.25) is 0 Å². The molecule has 0 bridgehead atoms. The summed E-state index contributed by atoms with van der Waals surface area (Å²) in [6.45, 7) is 0. The maximum Gasteiger partial charge on any atom is 0.358 e. The summed E-state index contributed by atoms with van der Waals surface area (Å²) in [5.74, 6) is -1.43. The van der Waals surface area contributed by atoms with Gasteiger partial charge in [-0.25, -0.2) is 4.79 Å². The Hall–Kier alpha value is -2.01. The Labute approximate surface area is 94.9 Å². The number of para-hydroxylation sites is 1. The third kappa shape index (κ3) is 1.72. The van der Waals surface area contributed by atoms with E-state index in [0.717, 1.165) is 0 Å². The maximum absolute atomic E-state index is 10.9. The second-order valence-corrected chi connectivity index (χ2v) is 3.29. The molecule has 0 saturated carbocycles. The van der Waals surface area contributed by atoms with Crippen molar-refractivity contribution < 1.29 is 19.4 Å². The highest BCUT2D eigenvalue weighted by molar-refractivity contribution is 6.28. The standard InChI is InChI=1S/C10H6ClNO4/c11-10-12-7(9(14)15)8(16-10)5-3-1-2-4-6(5)13/h1-4,13H,(H,14,15). The third-order valence-electron chi connectivity index (χ3n) is 1.95. The summed E-state index contributed by atoms with van der Waals surface area (Å²) in [5, 5.41) is 18.1. The highest BCUT2D eigenvalue weighted by Crippen LogP contribution is 2.33. The number of halogens is 1. The van der Waals surface area contributed by atoms with Gasteiger partial charge in [0.2, 0.25) is 0 Å². The molecule has 82 valence electrons. The second kappa shape index (κ2) is 3.86. The quantitative estimate of drug-likeness (QED) is 0.841. The van der Waals surface area contributed by atoms with Crippen molar-refractivity contribution >= 4 is 17.6 Å². The van der Waals surface area contributed by atoms with Crippen LogP contribution in [0.4, 0.5) is 0 Å². The molecule has 0 saturated heterocycles. The molecule has 6 heteroatoms. The fourth-order valence-corrected chi connectivity index (χ4v) is 1.45. The van der Waals surface area contributed by atoms with Crippen LogP contribution in [0.3, 0.4) is 0 Å². The number of aromatic nitrogens is 1. The van der Waals surface area contributed by atoms with Gasteiger partial charge in [0, 0.05) is 0 Å². The van der Waals surface area contributed by atoms with Crippen LogP contribution in [0.15, 0.2) is 28.7 Å². The minimum atomic E-state index is -1.27. The number of phenolic OH excluding ortho intramolecular Hbond substituents is 1. The van der Waals surface area contributed by atoms with E-state index in [4.69, 9.17) is 21.1 Å². The Morgan fingerprint density at radius 3 is 2.69 bits per heavy atom. The number of aromatic carboxylic acids is 1. The molecule has 2 N–H and O–H groups in total. The lowest BCUT2D eigenvalue weighted by Crippen LogP contribution is -1.98. The van der Waals surface area contributed by atoms with E-state index >= 15 is 0 Å². The molecule has 0 aliphatic carbocycles. The Bertz CT molecular complexity index is 550. The van der Waals surface area contributed by atoms with Gasteiger partial charge in [0.25, 0.3) is 5.35 Å². The average Bonchev–Trinajstić information content (AvgIpc) is 2.61. The molecule has 0 radical (unpaired) electrons. The molecule has 0 amide bonds. The molecular formula is C10H6ClNO4. The van der Waals surface area contributed by atoms with Crippen LogP contribution in [0.25, 0.3) is 11.3 Å². The molecule has 1 aromatic heterocycles. The van der Waals surface area contributed by atoms with E-state index < -0.39 is 5.97 Å². The van der Waals surface area contributed by atoms with Crippen molar-refractivity contribution in [2.24, 2.45) is 0 Å². The van der Waals surface area contributed by atoms with E-state index in [1.165, 1.54) is 12.1 Å². The Kier molecular flexibility index (Phi) is 2.54. The minimum Gasteiger partial charge on any atom is -0.507 e. The highest BCUT2D eigenvalue weighted by atomic mass is 35.5. The summed E-state index contributed by atoms with van der Waals surface area (Å²) < 4.78 is 4.96. The number of carboxylic acids is 1. The molecule has 2 aromatic rings. The van der Waals surface area contributed by atoms with Crippen molar-refractivity contribution in [3.05, 3.63) is 35.3 Å². The first-order valence-corrected chi connectivity index (χ1v) is 4.65. The predicted molar refractivity (Wildman–Crippen MR) is 55.6 cm³/mol. The van der Waals surface area contributed by atoms with Gasteiger partial charge in [0.15, 0.2) is 11.5 Å². The van der Waals surface area contributed by atoms with Crippen molar-refractivity contribution in [2.45, 2.75) is 0 Å². The van der Waals surface area contributed by atoms with Crippen LogP contribution in [-0.2, 0) is 0 Å². The van der Waals surface area contributed by atoms with Crippen molar-refractivity contribution in [3.8, 4) is 17.1 Å². The van der Waals surface area contributed by atoms with Crippen LogP contribution in [0.5, 0.6) is 5.75 Å². The predicted octanol–water partition coefficient (Wildman–Crippen LogP) is 2.40. The summed E-state index contributed by atoms with van der Waals surface area (Å²) >= 11 is 5.49. The number of aromatic hydroxyl groups is 1. The maximum atomic E-state index is 10.9. The molecule has 5 nitrogen and oxygen atoms in total. The number of rotatable bonds is 2. The molecule has 1 aromatic carbocycles. The number of hydrogen-bond donors (Lipinski definition) is 2. The second-order valence-electron chi connectivity index (χ2n) is 2.97. The van der Waals surface area contributed by atoms with Crippen LogP contribution in [-0.4, -0.2) is 21.2 Å². The number of nitrogens with zero attached hydrogens (tertiary/aromatic N) is 1. The van der Waals surface area contributed by atoms with Gasteiger partial charge in [-0.15, -0.1) is 0 Å². The first kappa shape index (κ1) is 10.5. The summed E-state index contributed by atoms with van der Waals surface area (Å²) in [7, 11) is 0. The Morgan fingerprint density at radius 1 is 1.38 bits per heavy atom. The molecule has 0 aliphatic heterocycles. The van der Waals surface area contributed by atoms with Crippen molar-refractivity contribution in [3.63, 3.8) is 0 Å². The number of benzene rings is 1. The van der Waals surface area contributed by atoms with Gasteiger partial charge >= 0.3 is 5.97 Å². The number of oxazole rings is 1. The topological polar surface area (TPSA) is 83.6 Å². The Balaban J connectivity index is 2.64. The summed E-state index contributed by atoms with van der Waals surface area (Å²) in [4.78, 5) is 14.4. The largest absolute Gasteiger partial charge is 0.507 e. The number of carboxylic acid groups (broad SMARTS) is 1. The molecular weight excluding hydrogens is 234 g/mol. The van der Waals surface area contributed by atoms with Crippen molar-refractivity contribution in [2.75, 3.05) is 0 Å². The first-order chi connectivity index (χ1) is 7.59. The molecule has 0 unspecified atom stereocenters. The molecule has 0 aliphatic rings. The Morgan fingerprint density at radius 2 is 2.06 bits per heavy atom. The van der Waals surface area contributed by atoms with Gasteiger partial charge in [-0.1, -0.05) is 12.1 Å². The summed E-state index contributed by atoms with van der Waals surface area (Å²) in [5.41, 5.74) is -0.0919. The van der Waals surface area contributed by atoms with E-state index in [0.29, 0.717) is 0 Å². The van der Waals surface area contributed by atoms with Crippen LogP contribution >= 0.6 is 11.6 Å². The lowest BCUT2D eigenvalue weighted by Gasteiger charge is -2.00. The minimum absolute atomic E-state index is 0.0596. The molecule has 16 heavy (non-hydrogen) atoms. The van der Waals surface area contributed by atoms with Gasteiger partial charge in [-0.05, 0) is 23.7 Å². The van der Waals surface area contributed by atoms with Crippen molar-refractivity contribution in [1.82, 2.24) is 4.98 Å². The summed E-state index contributed by atoms with van der Waals surface area (Å²) in [6, 6.07) is 6.17. The third-order valence-corrected chi connectivity index (χ3v) is 2.11. The monoisotopic (exact) mass is 239 g/mol. The fourth-order valence-electron chi connectivity index (χ4n) is 1.29. The zero-order valence-corrected chi connectivity index (χ0v) is 8.60. The van der Waals surface area contributed by atoms with Crippen molar-refractivity contribution in [1.29, 1.82) is 0 Å². The SMILES string of the molecule is O=C(O)c1nc(Cl)oc1-c1ccccc1O. The van der Waals surface area contributed by atoms with Gasteiger partial charge in [-0.2, -0.15) is 4.98 Å².